The number of benzene rings is 2. The van der Waals surface area contributed by atoms with Gasteiger partial charge >= 0.3 is 0 Å². The number of carbonyl (C=O) groups is 1. The molecule has 1 N–H and O–H groups in total. The van der Waals surface area contributed by atoms with Crippen LogP contribution in [0.1, 0.15) is 35.1 Å². The van der Waals surface area contributed by atoms with E-state index in [4.69, 9.17) is 21.7 Å². The molecule has 29 heavy (non-hydrogen) atoms. The fourth-order valence-electron chi connectivity index (χ4n) is 3.72. The number of rotatable bonds is 6. The maximum atomic E-state index is 12.4. The first-order valence-corrected chi connectivity index (χ1v) is 10.3. The fourth-order valence-corrected chi connectivity index (χ4v) is 4.03. The van der Waals surface area contributed by atoms with Crippen molar-refractivity contribution in [2.75, 3.05) is 32.1 Å². The van der Waals surface area contributed by atoms with E-state index in [-0.39, 0.29) is 12.5 Å². The normalized spacial score (nSPS) is 13.3. The molecule has 0 aromatic heterocycles. The highest BCUT2D eigenvalue weighted by Crippen LogP contribution is 2.29. The summed E-state index contributed by atoms with van der Waals surface area (Å²) in [6, 6.07) is 9.71. The Labute approximate surface area is 178 Å². The van der Waals surface area contributed by atoms with Gasteiger partial charge in [-0.3, -0.25) is 4.79 Å². The van der Waals surface area contributed by atoms with Crippen molar-refractivity contribution < 1.29 is 14.3 Å². The molecule has 0 unspecified atom stereocenters. The zero-order valence-electron chi connectivity index (χ0n) is 17.5. The second-order valence-corrected chi connectivity index (χ2v) is 7.86. The zero-order valence-corrected chi connectivity index (χ0v) is 18.3. The highest BCUT2D eigenvalue weighted by Gasteiger charge is 2.18. The lowest BCUT2D eigenvalue weighted by atomic mass is 10.1. The summed E-state index contributed by atoms with van der Waals surface area (Å²) in [5.74, 6) is 0.881. The quantitative estimate of drug-likeness (QED) is 0.713. The molecule has 6 heteroatoms. The molecule has 1 aliphatic heterocycles. The van der Waals surface area contributed by atoms with Crippen LogP contribution in [0.15, 0.2) is 30.3 Å². The van der Waals surface area contributed by atoms with Crippen LogP contribution in [0.5, 0.6) is 11.5 Å². The summed E-state index contributed by atoms with van der Waals surface area (Å²) >= 11 is 5.61. The second-order valence-electron chi connectivity index (χ2n) is 7.48. The minimum absolute atomic E-state index is 0.0982. The molecule has 1 amide bonds. The lowest BCUT2D eigenvalue weighted by Gasteiger charge is -2.20. The van der Waals surface area contributed by atoms with Gasteiger partial charge in [0.15, 0.2) is 18.1 Å². The average Bonchev–Trinajstić information content (AvgIpc) is 3.23. The van der Waals surface area contributed by atoms with Gasteiger partial charge in [0.2, 0.25) is 0 Å². The van der Waals surface area contributed by atoms with Crippen LogP contribution in [0.4, 0.5) is 5.69 Å². The van der Waals surface area contributed by atoms with Gasteiger partial charge in [-0.25, -0.2) is 0 Å². The summed E-state index contributed by atoms with van der Waals surface area (Å²) in [5, 5.41) is 2.95. The Balaban J connectivity index is 1.65. The van der Waals surface area contributed by atoms with Crippen molar-refractivity contribution in [1.82, 2.24) is 4.90 Å². The van der Waals surface area contributed by atoms with Crippen LogP contribution in [0.25, 0.3) is 0 Å². The van der Waals surface area contributed by atoms with Crippen LogP contribution in [0, 0.1) is 20.8 Å². The van der Waals surface area contributed by atoms with Gasteiger partial charge in [0.05, 0.1) is 7.11 Å². The fraction of sp³-hybridized carbons (Fsp3) is 0.391. The van der Waals surface area contributed by atoms with Crippen molar-refractivity contribution in [3.63, 3.8) is 0 Å². The van der Waals surface area contributed by atoms with Crippen LogP contribution in [0.3, 0.4) is 0 Å². The van der Waals surface area contributed by atoms with E-state index < -0.39 is 0 Å². The van der Waals surface area contributed by atoms with Gasteiger partial charge in [0.1, 0.15) is 4.99 Å². The van der Waals surface area contributed by atoms with E-state index in [9.17, 15) is 4.79 Å². The first-order chi connectivity index (χ1) is 13.9. The van der Waals surface area contributed by atoms with E-state index in [1.54, 1.807) is 7.11 Å². The lowest BCUT2D eigenvalue weighted by molar-refractivity contribution is -0.118. The molecule has 3 rings (SSSR count). The number of hydrogen-bond donors (Lipinski definition) is 1. The molecule has 1 fully saturated rings. The van der Waals surface area contributed by atoms with Crippen molar-refractivity contribution in [2.24, 2.45) is 0 Å². The first-order valence-electron chi connectivity index (χ1n) is 9.87. The van der Waals surface area contributed by atoms with E-state index in [0.29, 0.717) is 11.5 Å². The van der Waals surface area contributed by atoms with Crippen LogP contribution in [0.2, 0.25) is 0 Å². The van der Waals surface area contributed by atoms with Crippen LogP contribution < -0.4 is 14.8 Å². The first kappa shape index (κ1) is 21.1. The van der Waals surface area contributed by atoms with Crippen molar-refractivity contribution in [1.29, 1.82) is 0 Å². The molecular weight excluding hydrogens is 384 g/mol. The number of nitrogens with one attached hydrogen (secondary N) is 1. The Morgan fingerprint density at radius 3 is 2.34 bits per heavy atom. The Morgan fingerprint density at radius 1 is 1.07 bits per heavy atom. The van der Waals surface area contributed by atoms with Gasteiger partial charge in [-0.15, -0.1) is 0 Å². The van der Waals surface area contributed by atoms with Crippen molar-refractivity contribution in [2.45, 2.75) is 33.6 Å². The molecule has 0 saturated carbocycles. The predicted octanol–water partition coefficient (Wildman–Crippen LogP) is 4.41. The zero-order chi connectivity index (χ0) is 21.0. The van der Waals surface area contributed by atoms with E-state index in [0.717, 1.165) is 40.5 Å². The number of ether oxygens (including phenoxy) is 2. The van der Waals surface area contributed by atoms with E-state index in [2.05, 4.69) is 22.3 Å². The molecule has 0 bridgehead atoms. The van der Waals surface area contributed by atoms with Gasteiger partial charge in [-0.05, 0) is 62.9 Å². The van der Waals surface area contributed by atoms with Gasteiger partial charge in [-0.1, -0.05) is 29.9 Å². The van der Waals surface area contributed by atoms with E-state index in [1.807, 2.05) is 39.0 Å². The smallest absolute Gasteiger partial charge is 0.262 e. The summed E-state index contributed by atoms with van der Waals surface area (Å²) in [5.41, 5.74) is 5.01. The Hall–Kier alpha value is -2.60. The number of aryl methyl sites for hydroxylation is 3. The molecule has 154 valence electrons. The number of thiocarbonyl (C=S) groups is 1. The number of hydrogen-bond acceptors (Lipinski definition) is 4. The molecule has 1 aliphatic rings. The molecule has 0 spiro atoms. The minimum atomic E-state index is -0.209. The van der Waals surface area contributed by atoms with Gasteiger partial charge in [0.25, 0.3) is 5.91 Å². The molecule has 0 atom stereocenters. The maximum Gasteiger partial charge on any atom is 0.262 e. The topological polar surface area (TPSA) is 50.8 Å². The van der Waals surface area contributed by atoms with Crippen LogP contribution in [-0.2, 0) is 4.79 Å². The summed E-state index contributed by atoms with van der Waals surface area (Å²) < 4.78 is 11.2. The minimum Gasteiger partial charge on any atom is -0.493 e. The monoisotopic (exact) mass is 412 g/mol. The van der Waals surface area contributed by atoms with E-state index in [1.165, 1.54) is 18.4 Å². The van der Waals surface area contributed by atoms with Gasteiger partial charge in [0, 0.05) is 24.3 Å². The number of nitrogens with zero attached hydrogens (tertiary/aromatic N) is 1. The highest BCUT2D eigenvalue weighted by molar-refractivity contribution is 7.80. The number of amides is 1. The van der Waals surface area contributed by atoms with Crippen molar-refractivity contribution >= 4 is 28.8 Å². The number of anilines is 1. The summed E-state index contributed by atoms with van der Waals surface area (Å²) in [6.45, 7) is 7.91. The lowest BCUT2D eigenvalue weighted by Crippen LogP contribution is -2.26. The molecule has 0 aliphatic carbocycles. The second kappa shape index (κ2) is 9.27. The number of methoxy groups -OCH3 is 1. The van der Waals surface area contributed by atoms with Gasteiger partial charge < -0.3 is 19.7 Å². The average molecular weight is 413 g/mol. The Bertz CT molecular complexity index is 897. The van der Waals surface area contributed by atoms with Crippen LogP contribution in [-0.4, -0.2) is 42.6 Å². The molecular formula is C23H28N2O3S. The largest absolute Gasteiger partial charge is 0.493 e. The van der Waals surface area contributed by atoms with Crippen LogP contribution >= 0.6 is 12.2 Å². The molecule has 0 radical (unpaired) electrons. The third-order valence-corrected chi connectivity index (χ3v) is 5.60. The number of likely N-dealkylation sites (tertiary alicyclic amines) is 1. The van der Waals surface area contributed by atoms with Gasteiger partial charge in [-0.2, -0.15) is 0 Å². The Kier molecular flexibility index (Phi) is 6.75. The summed E-state index contributed by atoms with van der Waals surface area (Å²) in [7, 11) is 1.59. The Morgan fingerprint density at radius 2 is 1.72 bits per heavy atom. The third kappa shape index (κ3) is 5.07. The molecule has 5 nitrogen and oxygen atoms in total. The third-order valence-electron chi connectivity index (χ3n) is 5.10. The van der Waals surface area contributed by atoms with Crippen molar-refractivity contribution in [3.8, 4) is 11.5 Å². The molecule has 2 aromatic carbocycles. The predicted molar refractivity (Wildman–Crippen MR) is 120 cm³/mol. The SMILES string of the molecule is COc1cc(C(=S)N2CCCC2)ccc1OCC(=O)Nc1c(C)cc(C)cc1C. The standard InChI is InChI=1S/C23H28N2O3S/c1-15-11-16(2)22(17(3)12-15)24-21(26)14-28-19-8-7-18(13-20(19)27-4)23(29)25-9-5-6-10-25/h7-8,11-13H,5-6,9-10,14H2,1-4H3,(H,24,26). The van der Waals surface area contributed by atoms with E-state index >= 15 is 0 Å². The summed E-state index contributed by atoms with van der Waals surface area (Å²) in [6.07, 6.45) is 2.35. The number of carbonyl (C=O) groups excluding carboxylic acids is 1. The highest BCUT2D eigenvalue weighted by atomic mass is 32.1. The summed E-state index contributed by atoms with van der Waals surface area (Å²) in [4.78, 5) is 15.5. The van der Waals surface area contributed by atoms with Crippen molar-refractivity contribution in [3.05, 3.63) is 52.6 Å². The maximum absolute atomic E-state index is 12.4. The molecule has 1 saturated heterocycles. The molecule has 2 aromatic rings. The molecule has 1 heterocycles.